The minimum atomic E-state index is -0.250. The van der Waals surface area contributed by atoms with Gasteiger partial charge in [-0.2, -0.15) is 0 Å². The Kier molecular flexibility index (Phi) is 5.77. The van der Waals surface area contributed by atoms with E-state index < -0.39 is 0 Å². The van der Waals surface area contributed by atoms with Crippen LogP contribution in [0, 0.1) is 6.92 Å². The van der Waals surface area contributed by atoms with Crippen LogP contribution in [0.5, 0.6) is 5.75 Å². The molecule has 0 atom stereocenters. The number of ether oxygens (including phenoxy) is 1. The summed E-state index contributed by atoms with van der Waals surface area (Å²) in [6, 6.07) is 11.6. The molecular formula is C25H20ClN5O2S. The van der Waals surface area contributed by atoms with Crippen LogP contribution >= 0.6 is 22.9 Å². The van der Waals surface area contributed by atoms with Crippen molar-refractivity contribution in [1.29, 1.82) is 0 Å². The number of nitrogens with two attached hydrogens (primary N) is 1. The fourth-order valence-corrected chi connectivity index (χ4v) is 5.14. The third kappa shape index (κ3) is 3.91. The molecular weight excluding hydrogens is 470 g/mol. The van der Waals surface area contributed by atoms with E-state index in [1.54, 1.807) is 18.7 Å². The first-order valence-electron chi connectivity index (χ1n) is 10.4. The molecule has 7 nitrogen and oxygen atoms in total. The number of nitrogens with one attached hydrogen (secondary N) is 1. The van der Waals surface area contributed by atoms with Crippen LogP contribution in [0.3, 0.4) is 0 Å². The first-order chi connectivity index (χ1) is 16.5. The van der Waals surface area contributed by atoms with Crippen molar-refractivity contribution in [3.05, 3.63) is 81.7 Å². The lowest BCUT2D eigenvalue weighted by Gasteiger charge is -2.14. The molecule has 0 aliphatic heterocycles. The zero-order chi connectivity index (χ0) is 23.8. The summed E-state index contributed by atoms with van der Waals surface area (Å²) in [5, 5.41) is 7.26. The monoisotopic (exact) mass is 489 g/mol. The van der Waals surface area contributed by atoms with Crippen LogP contribution in [-0.2, 0) is 6.42 Å². The fourth-order valence-electron chi connectivity index (χ4n) is 3.96. The highest BCUT2D eigenvalue weighted by Crippen LogP contribution is 2.33. The lowest BCUT2D eigenvalue weighted by Crippen LogP contribution is -2.13. The molecule has 1 amide bonds. The van der Waals surface area contributed by atoms with Gasteiger partial charge in [0.2, 0.25) is 0 Å². The average molecular weight is 490 g/mol. The average Bonchev–Trinajstić information content (AvgIpc) is 3.27. The summed E-state index contributed by atoms with van der Waals surface area (Å²) >= 11 is 7.66. The highest BCUT2D eigenvalue weighted by atomic mass is 35.5. The smallest absolute Gasteiger partial charge is 0.258 e. The number of aromatic nitrogens is 3. The molecule has 0 aliphatic carbocycles. The number of pyridine rings is 1. The van der Waals surface area contributed by atoms with Gasteiger partial charge in [0.15, 0.2) is 0 Å². The molecule has 0 bridgehead atoms. The Morgan fingerprint density at radius 1 is 1.15 bits per heavy atom. The molecule has 170 valence electrons. The number of rotatable bonds is 5. The molecule has 34 heavy (non-hydrogen) atoms. The highest BCUT2D eigenvalue weighted by molar-refractivity contribution is 7.18. The lowest BCUT2D eigenvalue weighted by molar-refractivity contribution is 0.102. The Morgan fingerprint density at radius 3 is 2.79 bits per heavy atom. The third-order valence-corrected chi connectivity index (χ3v) is 6.98. The van der Waals surface area contributed by atoms with Gasteiger partial charge in [0.25, 0.3) is 5.91 Å². The zero-order valence-electron chi connectivity index (χ0n) is 18.4. The van der Waals surface area contributed by atoms with E-state index in [1.165, 1.54) is 17.7 Å². The van der Waals surface area contributed by atoms with E-state index in [-0.39, 0.29) is 5.91 Å². The zero-order valence-corrected chi connectivity index (χ0v) is 20.0. The number of aryl methyl sites for hydroxylation is 1. The normalized spacial score (nSPS) is 11.1. The molecule has 9 heteroatoms. The van der Waals surface area contributed by atoms with Crippen LogP contribution in [0.1, 0.15) is 27.2 Å². The van der Waals surface area contributed by atoms with Gasteiger partial charge in [0.1, 0.15) is 17.9 Å². The second-order valence-electron chi connectivity index (χ2n) is 7.80. The first-order valence-corrected chi connectivity index (χ1v) is 11.7. The predicted molar refractivity (Wildman–Crippen MR) is 137 cm³/mol. The van der Waals surface area contributed by atoms with Crippen LogP contribution in [0.4, 0.5) is 11.5 Å². The van der Waals surface area contributed by atoms with Crippen LogP contribution in [-0.4, -0.2) is 28.0 Å². The molecule has 3 N–H and O–H groups in total. The number of benzene rings is 2. The number of amides is 1. The van der Waals surface area contributed by atoms with Crippen LogP contribution in [0.25, 0.3) is 21.0 Å². The Bertz CT molecular complexity index is 1570. The summed E-state index contributed by atoms with van der Waals surface area (Å²) in [6.07, 6.45) is 3.71. The van der Waals surface area contributed by atoms with Crippen LogP contribution < -0.4 is 15.8 Å². The van der Waals surface area contributed by atoms with Crippen LogP contribution in [0.15, 0.2) is 54.3 Å². The summed E-state index contributed by atoms with van der Waals surface area (Å²) < 4.78 is 5.95. The van der Waals surface area contributed by atoms with E-state index in [4.69, 9.17) is 22.1 Å². The van der Waals surface area contributed by atoms with Crippen molar-refractivity contribution in [2.75, 3.05) is 18.2 Å². The summed E-state index contributed by atoms with van der Waals surface area (Å²) in [4.78, 5) is 26.1. The van der Waals surface area contributed by atoms with Crippen LogP contribution in [0.2, 0.25) is 5.02 Å². The number of nitrogens with zero attached hydrogens (tertiary/aromatic N) is 3. The van der Waals surface area contributed by atoms with E-state index >= 15 is 0 Å². The first kappa shape index (κ1) is 22.1. The molecule has 0 fully saturated rings. The largest absolute Gasteiger partial charge is 0.495 e. The molecule has 0 spiro atoms. The number of carbonyl (C=O) groups excluding carboxylic acids is 1. The van der Waals surface area contributed by atoms with Crippen molar-refractivity contribution < 1.29 is 9.53 Å². The summed E-state index contributed by atoms with van der Waals surface area (Å²) in [6.45, 7) is 1.96. The highest BCUT2D eigenvalue weighted by Gasteiger charge is 2.18. The van der Waals surface area contributed by atoms with Crippen molar-refractivity contribution in [1.82, 2.24) is 15.0 Å². The van der Waals surface area contributed by atoms with Gasteiger partial charge in [-0.05, 0) is 36.2 Å². The summed E-state index contributed by atoms with van der Waals surface area (Å²) in [7, 11) is 1.59. The molecule has 0 unspecified atom stereocenters. The van der Waals surface area contributed by atoms with Gasteiger partial charge in [-0.25, -0.2) is 9.97 Å². The molecule has 5 rings (SSSR count). The molecule has 2 aromatic carbocycles. The fraction of sp³-hybridized carbons (Fsp3) is 0.120. The number of anilines is 2. The third-order valence-electron chi connectivity index (χ3n) is 5.69. The molecule has 0 aliphatic rings. The lowest BCUT2D eigenvalue weighted by atomic mass is 10.00. The van der Waals surface area contributed by atoms with Crippen molar-refractivity contribution in [3.8, 4) is 5.75 Å². The Hall–Kier alpha value is -3.75. The number of hydrogen-bond acceptors (Lipinski definition) is 7. The number of carbonyl (C=O) groups is 1. The molecule has 0 saturated heterocycles. The number of methoxy groups -OCH3 is 1. The van der Waals surface area contributed by atoms with Gasteiger partial charge < -0.3 is 15.8 Å². The maximum Gasteiger partial charge on any atom is 0.258 e. The van der Waals surface area contributed by atoms with E-state index in [1.807, 2.05) is 43.3 Å². The van der Waals surface area contributed by atoms with Crippen molar-refractivity contribution >= 4 is 61.3 Å². The maximum atomic E-state index is 13.2. The maximum absolute atomic E-state index is 13.2. The number of fused-ring (bicyclic) bond motifs is 2. The molecule has 5 aromatic rings. The molecule has 3 heterocycles. The number of nitrogen functional groups attached to an aromatic ring is 1. The SMILES string of the molecule is COc1ccc(Cc2nccc3c(NC(=O)c4csc5c(N)ncnc45)c(C)ccc23)cc1Cl. The summed E-state index contributed by atoms with van der Waals surface area (Å²) in [5.41, 5.74) is 10.5. The quantitative estimate of drug-likeness (QED) is 0.331. The van der Waals surface area contributed by atoms with Gasteiger partial charge in [-0.3, -0.25) is 9.78 Å². The minimum Gasteiger partial charge on any atom is -0.495 e. The van der Waals surface area contributed by atoms with Gasteiger partial charge in [-0.1, -0.05) is 29.8 Å². The molecule has 3 aromatic heterocycles. The topological polar surface area (TPSA) is 103 Å². The summed E-state index contributed by atoms with van der Waals surface area (Å²) in [5.74, 6) is 0.745. The van der Waals surface area contributed by atoms with E-state index in [0.717, 1.165) is 33.3 Å². The Balaban J connectivity index is 1.52. The van der Waals surface area contributed by atoms with Gasteiger partial charge in [0, 0.05) is 28.8 Å². The van der Waals surface area contributed by atoms with Crippen molar-refractivity contribution in [3.63, 3.8) is 0 Å². The van der Waals surface area contributed by atoms with Crippen molar-refractivity contribution in [2.24, 2.45) is 0 Å². The number of thiophene rings is 1. The van der Waals surface area contributed by atoms with Crippen molar-refractivity contribution in [2.45, 2.75) is 13.3 Å². The van der Waals surface area contributed by atoms with Gasteiger partial charge in [0.05, 0.1) is 39.3 Å². The Morgan fingerprint density at radius 2 is 2.00 bits per heavy atom. The van der Waals surface area contributed by atoms with E-state index in [0.29, 0.717) is 38.8 Å². The number of halogens is 1. The standard InChI is InChI=1S/C25H20ClN5O2S/c1-13-3-5-15-16(7-8-28-19(15)10-14-4-6-20(33-2)18(26)9-14)21(13)31-25(32)17-11-34-23-22(17)29-12-30-24(23)27/h3-9,11-12H,10H2,1-2H3,(H,31,32)(H2,27,29,30). The predicted octanol–water partition coefficient (Wildman–Crippen LogP) is 5.64. The second kappa shape index (κ2) is 8.89. The van der Waals surface area contributed by atoms with Gasteiger partial charge >= 0.3 is 0 Å². The number of hydrogen-bond donors (Lipinski definition) is 2. The minimum absolute atomic E-state index is 0.250. The second-order valence-corrected chi connectivity index (χ2v) is 9.08. The Labute approximate surface area is 204 Å². The van der Waals surface area contributed by atoms with Gasteiger partial charge in [-0.15, -0.1) is 11.3 Å². The van der Waals surface area contributed by atoms with E-state index in [2.05, 4.69) is 20.3 Å². The molecule has 0 radical (unpaired) electrons. The molecule has 0 saturated carbocycles. The van der Waals surface area contributed by atoms with E-state index in [9.17, 15) is 4.79 Å².